The van der Waals surface area contributed by atoms with Crippen LogP contribution in [-0.2, 0) is 16.4 Å². The van der Waals surface area contributed by atoms with E-state index in [4.69, 9.17) is 11.6 Å². The molecule has 0 amide bonds. The average molecular weight is 344 g/mol. The van der Waals surface area contributed by atoms with E-state index >= 15 is 0 Å². The van der Waals surface area contributed by atoms with Gasteiger partial charge in [-0.2, -0.15) is 4.80 Å². The molecule has 120 valence electrons. The molecule has 1 aromatic carbocycles. The van der Waals surface area contributed by atoms with Gasteiger partial charge in [0.2, 0.25) is 0 Å². The fourth-order valence-electron chi connectivity index (χ4n) is 1.86. The number of tetrazole rings is 1. The second-order valence-electron chi connectivity index (χ2n) is 5.15. The Morgan fingerprint density at radius 3 is 2.68 bits per heavy atom. The number of nitrogens with one attached hydrogen (secondary N) is 1. The molecule has 7 nitrogen and oxygen atoms in total. The van der Waals surface area contributed by atoms with E-state index in [1.807, 2.05) is 26.8 Å². The molecule has 2 aromatic rings. The van der Waals surface area contributed by atoms with Crippen LogP contribution >= 0.6 is 11.6 Å². The first-order chi connectivity index (χ1) is 10.3. The highest BCUT2D eigenvalue weighted by Crippen LogP contribution is 2.24. The predicted molar refractivity (Wildman–Crippen MR) is 84.5 cm³/mol. The third-order valence-electron chi connectivity index (χ3n) is 2.94. The molecule has 0 atom stereocenters. The average Bonchev–Trinajstić information content (AvgIpc) is 2.89. The first-order valence-corrected chi connectivity index (χ1v) is 8.80. The van der Waals surface area contributed by atoms with Gasteiger partial charge in [0.05, 0.1) is 11.1 Å². The molecule has 0 radical (unpaired) electrons. The Bertz CT molecular complexity index is 758. The molecule has 0 saturated heterocycles. The number of nitrogens with zero attached hydrogens (tertiary/aromatic N) is 4. The monoisotopic (exact) mass is 343 g/mol. The number of aryl methyl sites for hydroxylation is 1. The molecule has 0 bridgehead atoms. The molecule has 0 spiro atoms. The van der Waals surface area contributed by atoms with E-state index in [1.54, 1.807) is 12.1 Å². The van der Waals surface area contributed by atoms with Gasteiger partial charge in [-0.05, 0) is 43.2 Å². The number of aromatic nitrogens is 4. The first-order valence-electron chi connectivity index (χ1n) is 6.94. The van der Waals surface area contributed by atoms with Crippen molar-refractivity contribution in [3.05, 3.63) is 28.8 Å². The minimum absolute atomic E-state index is 0.0118. The largest absolute Gasteiger partial charge is 0.277 e. The van der Waals surface area contributed by atoms with Crippen LogP contribution in [0.15, 0.2) is 23.1 Å². The molecule has 0 aliphatic rings. The minimum Gasteiger partial charge on any atom is -0.244 e. The van der Waals surface area contributed by atoms with Crippen LogP contribution < -0.4 is 4.72 Å². The Balaban J connectivity index is 2.31. The van der Waals surface area contributed by atoms with Gasteiger partial charge in [-0.25, -0.2) is 13.1 Å². The standard InChI is InChI=1S/C13H18ClN5O2S/c1-4-5-10-6-7-11(14)12(8-10)22(20,21)17-13-15-18-19(16-13)9(2)3/h6-9H,4-5H2,1-3H3,(H,16,17). The molecule has 0 fully saturated rings. The SMILES string of the molecule is CCCc1ccc(Cl)c(S(=O)(=O)Nc2nnn(C(C)C)n2)c1. The van der Waals surface area contributed by atoms with Crippen LogP contribution in [0.5, 0.6) is 0 Å². The highest BCUT2D eigenvalue weighted by molar-refractivity contribution is 7.92. The second kappa shape index (κ2) is 6.62. The molecular formula is C13H18ClN5O2S. The van der Waals surface area contributed by atoms with Crippen molar-refractivity contribution in [3.8, 4) is 0 Å². The number of hydrogen-bond acceptors (Lipinski definition) is 5. The van der Waals surface area contributed by atoms with Crippen LogP contribution in [-0.4, -0.2) is 28.6 Å². The van der Waals surface area contributed by atoms with E-state index in [0.29, 0.717) is 0 Å². The third kappa shape index (κ3) is 3.75. The van der Waals surface area contributed by atoms with Crippen molar-refractivity contribution < 1.29 is 8.42 Å². The van der Waals surface area contributed by atoms with Gasteiger partial charge >= 0.3 is 0 Å². The van der Waals surface area contributed by atoms with Gasteiger partial charge < -0.3 is 0 Å². The summed E-state index contributed by atoms with van der Waals surface area (Å²) in [6.07, 6.45) is 1.69. The van der Waals surface area contributed by atoms with Crippen molar-refractivity contribution in [2.75, 3.05) is 4.72 Å². The Hall–Kier alpha value is -1.67. The second-order valence-corrected chi connectivity index (χ2v) is 7.21. The molecule has 1 N–H and O–H groups in total. The number of anilines is 1. The lowest BCUT2D eigenvalue weighted by Crippen LogP contribution is -2.15. The summed E-state index contributed by atoms with van der Waals surface area (Å²) in [4.78, 5) is 1.34. The maximum absolute atomic E-state index is 12.4. The molecule has 0 aliphatic heterocycles. The number of halogens is 1. The number of sulfonamides is 1. The molecule has 1 aromatic heterocycles. The smallest absolute Gasteiger partial charge is 0.244 e. The topological polar surface area (TPSA) is 89.8 Å². The van der Waals surface area contributed by atoms with Crippen molar-refractivity contribution in [2.45, 2.75) is 44.6 Å². The molecule has 0 saturated carbocycles. The van der Waals surface area contributed by atoms with Crippen LogP contribution in [0.1, 0.15) is 38.8 Å². The lowest BCUT2D eigenvalue weighted by Gasteiger charge is -2.08. The summed E-state index contributed by atoms with van der Waals surface area (Å²) in [5.41, 5.74) is 0.908. The highest BCUT2D eigenvalue weighted by Gasteiger charge is 2.21. The molecule has 2 rings (SSSR count). The van der Waals surface area contributed by atoms with Gasteiger partial charge in [0.15, 0.2) is 0 Å². The van der Waals surface area contributed by atoms with E-state index < -0.39 is 10.0 Å². The lowest BCUT2D eigenvalue weighted by molar-refractivity contribution is 0.455. The first kappa shape index (κ1) is 16.7. The lowest BCUT2D eigenvalue weighted by atomic mass is 10.1. The summed E-state index contributed by atoms with van der Waals surface area (Å²) in [5.74, 6) is -0.0781. The van der Waals surface area contributed by atoms with Crippen molar-refractivity contribution >= 4 is 27.6 Å². The van der Waals surface area contributed by atoms with Gasteiger partial charge in [0, 0.05) is 0 Å². The Morgan fingerprint density at radius 1 is 1.36 bits per heavy atom. The summed E-state index contributed by atoms with van der Waals surface area (Å²) < 4.78 is 27.2. The van der Waals surface area contributed by atoms with Gasteiger partial charge in [-0.15, -0.1) is 5.10 Å². The summed E-state index contributed by atoms with van der Waals surface area (Å²) in [6, 6.07) is 4.96. The van der Waals surface area contributed by atoms with Crippen LogP contribution in [0.25, 0.3) is 0 Å². The van der Waals surface area contributed by atoms with E-state index in [0.717, 1.165) is 18.4 Å². The Kier molecular flexibility index (Phi) is 5.02. The fourth-order valence-corrected chi connectivity index (χ4v) is 3.34. The predicted octanol–water partition coefficient (Wildman–Crippen LogP) is 2.66. The zero-order valence-electron chi connectivity index (χ0n) is 12.6. The van der Waals surface area contributed by atoms with Gasteiger partial charge in [0.1, 0.15) is 4.90 Å². The zero-order chi connectivity index (χ0) is 16.3. The van der Waals surface area contributed by atoms with Gasteiger partial charge in [-0.3, -0.25) is 0 Å². The molecule has 9 heteroatoms. The van der Waals surface area contributed by atoms with Crippen molar-refractivity contribution in [3.63, 3.8) is 0 Å². The van der Waals surface area contributed by atoms with Crippen LogP contribution in [0, 0.1) is 0 Å². The van der Waals surface area contributed by atoms with Crippen LogP contribution in [0.3, 0.4) is 0 Å². The van der Waals surface area contributed by atoms with Crippen molar-refractivity contribution in [1.82, 2.24) is 20.2 Å². The van der Waals surface area contributed by atoms with Crippen molar-refractivity contribution in [2.24, 2.45) is 0 Å². The van der Waals surface area contributed by atoms with Crippen LogP contribution in [0.4, 0.5) is 5.95 Å². The molecule has 0 aliphatic carbocycles. The Labute approximate surface area is 134 Å². The number of benzene rings is 1. The zero-order valence-corrected chi connectivity index (χ0v) is 14.2. The summed E-state index contributed by atoms with van der Waals surface area (Å²) >= 11 is 6.02. The molecular weight excluding hydrogens is 326 g/mol. The third-order valence-corrected chi connectivity index (χ3v) is 4.75. The van der Waals surface area contributed by atoms with Gasteiger partial charge in [0.25, 0.3) is 16.0 Å². The Morgan fingerprint density at radius 2 is 2.09 bits per heavy atom. The minimum atomic E-state index is -3.86. The van der Waals surface area contributed by atoms with E-state index in [2.05, 4.69) is 20.1 Å². The van der Waals surface area contributed by atoms with E-state index in [9.17, 15) is 8.42 Å². The van der Waals surface area contributed by atoms with Crippen molar-refractivity contribution in [1.29, 1.82) is 0 Å². The normalized spacial score (nSPS) is 11.9. The summed E-state index contributed by atoms with van der Waals surface area (Å²) in [5, 5.41) is 11.6. The number of hydrogen-bond donors (Lipinski definition) is 1. The fraction of sp³-hybridized carbons (Fsp3) is 0.462. The van der Waals surface area contributed by atoms with E-state index in [1.165, 1.54) is 4.80 Å². The van der Waals surface area contributed by atoms with E-state index in [-0.39, 0.29) is 21.9 Å². The van der Waals surface area contributed by atoms with Crippen LogP contribution in [0.2, 0.25) is 5.02 Å². The number of rotatable bonds is 6. The quantitative estimate of drug-likeness (QED) is 0.870. The maximum atomic E-state index is 12.4. The maximum Gasteiger partial charge on any atom is 0.277 e. The molecule has 22 heavy (non-hydrogen) atoms. The molecule has 0 unspecified atom stereocenters. The van der Waals surface area contributed by atoms with Gasteiger partial charge in [-0.1, -0.05) is 36.1 Å². The summed E-state index contributed by atoms with van der Waals surface area (Å²) in [7, 11) is -3.86. The molecule has 1 heterocycles. The highest BCUT2D eigenvalue weighted by atomic mass is 35.5. The summed E-state index contributed by atoms with van der Waals surface area (Å²) in [6.45, 7) is 5.76.